The monoisotopic (exact) mass is 364 g/mol. The van der Waals surface area contributed by atoms with Crippen LogP contribution in [0.1, 0.15) is 36.5 Å². The van der Waals surface area contributed by atoms with Crippen molar-refractivity contribution in [1.29, 1.82) is 0 Å². The minimum atomic E-state index is -0.108. The molecule has 0 bridgehead atoms. The quantitative estimate of drug-likeness (QED) is 0.575. The molecule has 1 heterocycles. The number of unbranched alkanes of at least 4 members (excludes halogenated alkanes) is 2. The zero-order valence-corrected chi connectivity index (χ0v) is 15.7. The summed E-state index contributed by atoms with van der Waals surface area (Å²) < 4.78 is 11.2. The van der Waals surface area contributed by atoms with Crippen molar-refractivity contribution >= 4 is 5.91 Å². The van der Waals surface area contributed by atoms with Gasteiger partial charge in [-0.05, 0) is 30.7 Å². The van der Waals surface area contributed by atoms with Crippen molar-refractivity contribution < 1.29 is 13.9 Å². The Kier molecular flexibility index (Phi) is 6.26. The Balaban J connectivity index is 1.83. The van der Waals surface area contributed by atoms with E-state index in [1.165, 1.54) is 0 Å². The summed E-state index contributed by atoms with van der Waals surface area (Å²) in [5.41, 5.74) is 2.11. The van der Waals surface area contributed by atoms with Crippen LogP contribution in [-0.2, 0) is 0 Å². The Bertz CT molecular complexity index is 902. The number of rotatable bonds is 8. The van der Waals surface area contributed by atoms with E-state index in [4.69, 9.17) is 9.15 Å². The summed E-state index contributed by atoms with van der Waals surface area (Å²) in [4.78, 5) is 16.9. The van der Waals surface area contributed by atoms with Gasteiger partial charge in [-0.1, -0.05) is 44.0 Å². The lowest BCUT2D eigenvalue weighted by Gasteiger charge is -2.08. The van der Waals surface area contributed by atoms with Crippen LogP contribution in [0.25, 0.3) is 22.8 Å². The van der Waals surface area contributed by atoms with Crippen molar-refractivity contribution in [2.24, 2.45) is 0 Å². The van der Waals surface area contributed by atoms with Gasteiger partial charge < -0.3 is 14.5 Å². The number of nitrogens with one attached hydrogen (secondary N) is 1. The predicted octanol–water partition coefficient (Wildman–Crippen LogP) is 4.94. The molecular weight excluding hydrogens is 340 g/mol. The number of methoxy groups -OCH3 is 1. The molecule has 27 heavy (non-hydrogen) atoms. The summed E-state index contributed by atoms with van der Waals surface area (Å²) in [7, 11) is 1.63. The maximum absolute atomic E-state index is 12.6. The fourth-order valence-corrected chi connectivity index (χ4v) is 2.85. The minimum absolute atomic E-state index is 0.108. The number of carbonyl (C=O) groups is 1. The lowest BCUT2D eigenvalue weighted by Crippen LogP contribution is -2.25. The van der Waals surface area contributed by atoms with Crippen molar-refractivity contribution in [3.05, 3.63) is 60.3 Å². The van der Waals surface area contributed by atoms with Gasteiger partial charge in [0, 0.05) is 17.7 Å². The average molecular weight is 364 g/mol. The van der Waals surface area contributed by atoms with Crippen molar-refractivity contribution in [3.63, 3.8) is 0 Å². The van der Waals surface area contributed by atoms with Crippen molar-refractivity contribution in [3.8, 4) is 28.5 Å². The zero-order valence-electron chi connectivity index (χ0n) is 15.7. The number of benzene rings is 2. The molecule has 0 aliphatic rings. The van der Waals surface area contributed by atoms with Gasteiger partial charge in [0.1, 0.15) is 5.75 Å². The normalized spacial score (nSPS) is 10.6. The number of aromatic nitrogens is 1. The highest BCUT2D eigenvalue weighted by Crippen LogP contribution is 2.29. The van der Waals surface area contributed by atoms with E-state index in [9.17, 15) is 4.79 Å². The molecule has 1 aromatic heterocycles. The van der Waals surface area contributed by atoms with Crippen LogP contribution in [0.15, 0.2) is 59.1 Å². The van der Waals surface area contributed by atoms with E-state index in [1.807, 2.05) is 42.5 Å². The Labute approximate surface area is 159 Å². The van der Waals surface area contributed by atoms with Gasteiger partial charge in [-0.3, -0.25) is 4.79 Å². The van der Waals surface area contributed by atoms with Crippen LogP contribution in [0.2, 0.25) is 0 Å². The Hall–Kier alpha value is -3.08. The minimum Gasteiger partial charge on any atom is -0.497 e. The third-order valence-corrected chi connectivity index (χ3v) is 4.33. The summed E-state index contributed by atoms with van der Waals surface area (Å²) in [5, 5.41) is 2.97. The summed E-state index contributed by atoms with van der Waals surface area (Å²) in [5.74, 6) is 1.69. The second-order valence-corrected chi connectivity index (χ2v) is 6.27. The Morgan fingerprint density at radius 3 is 2.81 bits per heavy atom. The summed E-state index contributed by atoms with van der Waals surface area (Å²) in [6.45, 7) is 2.81. The first-order valence-corrected chi connectivity index (χ1v) is 9.20. The first kappa shape index (κ1) is 18.7. The smallest absolute Gasteiger partial charge is 0.252 e. The number of oxazole rings is 1. The number of ether oxygens (including phenoxy) is 1. The topological polar surface area (TPSA) is 64.4 Å². The molecule has 0 unspecified atom stereocenters. The van der Waals surface area contributed by atoms with E-state index >= 15 is 0 Å². The van der Waals surface area contributed by atoms with Gasteiger partial charge in [-0.15, -0.1) is 0 Å². The molecule has 3 rings (SSSR count). The molecule has 5 nitrogen and oxygen atoms in total. The fraction of sp³-hybridized carbons (Fsp3) is 0.273. The molecule has 0 radical (unpaired) electrons. The van der Waals surface area contributed by atoms with E-state index in [2.05, 4.69) is 17.2 Å². The van der Waals surface area contributed by atoms with Crippen LogP contribution in [-0.4, -0.2) is 24.5 Å². The van der Waals surface area contributed by atoms with E-state index in [1.54, 1.807) is 19.4 Å². The van der Waals surface area contributed by atoms with Crippen LogP contribution in [0.3, 0.4) is 0 Å². The molecule has 0 aliphatic heterocycles. The van der Waals surface area contributed by atoms with Gasteiger partial charge in [-0.25, -0.2) is 4.98 Å². The van der Waals surface area contributed by atoms with E-state index in [0.717, 1.165) is 30.6 Å². The molecule has 0 aliphatic carbocycles. The first-order valence-electron chi connectivity index (χ1n) is 9.20. The van der Waals surface area contributed by atoms with E-state index < -0.39 is 0 Å². The van der Waals surface area contributed by atoms with Gasteiger partial charge in [-0.2, -0.15) is 0 Å². The maximum atomic E-state index is 12.6. The highest BCUT2D eigenvalue weighted by atomic mass is 16.5. The molecule has 140 valence electrons. The predicted molar refractivity (Wildman–Crippen MR) is 106 cm³/mol. The van der Waals surface area contributed by atoms with Gasteiger partial charge in [0.05, 0.1) is 18.9 Å². The summed E-state index contributed by atoms with van der Waals surface area (Å²) in [6, 6.07) is 14.9. The third kappa shape index (κ3) is 4.56. The molecule has 2 aromatic carbocycles. The Morgan fingerprint density at radius 2 is 2.00 bits per heavy atom. The van der Waals surface area contributed by atoms with E-state index in [0.29, 0.717) is 29.3 Å². The van der Waals surface area contributed by atoms with Crippen LogP contribution >= 0.6 is 0 Å². The molecule has 0 atom stereocenters. The SMILES string of the molecule is CCCCCNC(=O)c1ccccc1-c1ncc(-c2cccc(OC)c2)o1. The first-order chi connectivity index (χ1) is 13.2. The zero-order chi connectivity index (χ0) is 19.1. The van der Waals surface area contributed by atoms with Crippen LogP contribution in [0, 0.1) is 0 Å². The molecule has 0 saturated heterocycles. The molecule has 5 heteroatoms. The number of hydrogen-bond acceptors (Lipinski definition) is 4. The molecular formula is C22H24N2O3. The highest BCUT2D eigenvalue weighted by molar-refractivity contribution is 6.00. The second-order valence-electron chi connectivity index (χ2n) is 6.27. The average Bonchev–Trinajstić information content (AvgIpc) is 3.21. The standard InChI is InChI=1S/C22H24N2O3/c1-3-4-7-13-23-21(25)18-11-5-6-12-19(18)22-24-15-20(27-22)16-9-8-10-17(14-16)26-2/h5-6,8-12,14-15H,3-4,7,13H2,1-2H3,(H,23,25). The lowest BCUT2D eigenvalue weighted by molar-refractivity contribution is 0.0953. The molecule has 0 saturated carbocycles. The maximum Gasteiger partial charge on any atom is 0.252 e. The van der Waals surface area contributed by atoms with Crippen molar-refractivity contribution in [2.75, 3.05) is 13.7 Å². The number of carbonyl (C=O) groups excluding carboxylic acids is 1. The summed E-state index contributed by atoms with van der Waals surface area (Å²) >= 11 is 0. The molecule has 0 fully saturated rings. The third-order valence-electron chi connectivity index (χ3n) is 4.33. The van der Waals surface area contributed by atoms with Gasteiger partial charge in [0.25, 0.3) is 5.91 Å². The van der Waals surface area contributed by atoms with Crippen LogP contribution in [0.5, 0.6) is 5.75 Å². The fourth-order valence-electron chi connectivity index (χ4n) is 2.85. The molecule has 0 spiro atoms. The van der Waals surface area contributed by atoms with Crippen LogP contribution < -0.4 is 10.1 Å². The largest absolute Gasteiger partial charge is 0.497 e. The van der Waals surface area contributed by atoms with Crippen LogP contribution in [0.4, 0.5) is 0 Å². The van der Waals surface area contributed by atoms with Gasteiger partial charge in [0.2, 0.25) is 5.89 Å². The Morgan fingerprint density at radius 1 is 1.15 bits per heavy atom. The number of hydrogen-bond donors (Lipinski definition) is 1. The summed E-state index contributed by atoms with van der Waals surface area (Å²) in [6.07, 6.45) is 4.87. The highest BCUT2D eigenvalue weighted by Gasteiger charge is 2.16. The second kappa shape index (κ2) is 9.03. The van der Waals surface area contributed by atoms with Gasteiger partial charge >= 0.3 is 0 Å². The molecule has 1 amide bonds. The molecule has 3 aromatic rings. The number of amides is 1. The molecule has 1 N–H and O–H groups in total. The number of nitrogens with zero attached hydrogens (tertiary/aromatic N) is 1. The lowest BCUT2D eigenvalue weighted by atomic mass is 10.1. The van der Waals surface area contributed by atoms with Crippen molar-refractivity contribution in [2.45, 2.75) is 26.2 Å². The van der Waals surface area contributed by atoms with Crippen molar-refractivity contribution in [1.82, 2.24) is 10.3 Å². The van der Waals surface area contributed by atoms with E-state index in [-0.39, 0.29) is 5.91 Å². The van der Waals surface area contributed by atoms with Gasteiger partial charge in [0.15, 0.2) is 5.76 Å².